The Bertz CT molecular complexity index is 215. The summed E-state index contributed by atoms with van der Waals surface area (Å²) in [5.41, 5.74) is 0. The third-order valence-corrected chi connectivity index (χ3v) is 1.59. The zero-order valence-electron chi connectivity index (χ0n) is 7.41. The number of aromatic nitrogens is 3. The molecule has 3 nitrogen and oxygen atoms in total. The molecule has 1 aromatic rings. The lowest BCUT2D eigenvalue weighted by Crippen LogP contribution is -2.06. The van der Waals surface area contributed by atoms with Crippen molar-refractivity contribution in [3.63, 3.8) is 0 Å². The van der Waals surface area contributed by atoms with Crippen molar-refractivity contribution in [2.45, 2.75) is 33.7 Å². The number of aryl methyl sites for hydroxylation is 1. The molecule has 0 N–H and O–H groups in total. The van der Waals surface area contributed by atoms with Gasteiger partial charge in [-0.05, 0) is 12.8 Å². The van der Waals surface area contributed by atoms with Crippen molar-refractivity contribution < 1.29 is 0 Å². The minimum Gasteiger partial charge on any atom is -0.250 e. The molecule has 0 atom stereocenters. The molecule has 0 amide bonds. The second-order valence-corrected chi connectivity index (χ2v) is 3.09. The Balaban J connectivity index is 2.68. The Hall–Kier alpha value is -0.860. The van der Waals surface area contributed by atoms with Gasteiger partial charge in [-0.3, -0.25) is 4.68 Å². The van der Waals surface area contributed by atoms with E-state index in [9.17, 15) is 0 Å². The van der Waals surface area contributed by atoms with E-state index in [0.29, 0.717) is 5.92 Å². The van der Waals surface area contributed by atoms with E-state index in [1.807, 2.05) is 4.68 Å². The summed E-state index contributed by atoms with van der Waals surface area (Å²) in [5.74, 6) is 1.76. The summed E-state index contributed by atoms with van der Waals surface area (Å²) < 4.78 is 1.94. The first-order chi connectivity index (χ1) is 5.24. The molecule has 0 aliphatic carbocycles. The first kappa shape index (κ1) is 8.24. The highest BCUT2D eigenvalue weighted by Crippen LogP contribution is 2.03. The van der Waals surface area contributed by atoms with Gasteiger partial charge in [0.05, 0.1) is 0 Å². The molecule has 0 aliphatic heterocycles. The van der Waals surface area contributed by atoms with E-state index in [1.165, 1.54) is 0 Å². The van der Waals surface area contributed by atoms with E-state index >= 15 is 0 Å². The van der Waals surface area contributed by atoms with Gasteiger partial charge in [0.25, 0.3) is 0 Å². The Morgan fingerprint density at radius 2 is 2.27 bits per heavy atom. The summed E-state index contributed by atoms with van der Waals surface area (Å²) in [6, 6.07) is 0. The van der Waals surface area contributed by atoms with Crippen molar-refractivity contribution in [2.24, 2.45) is 5.92 Å². The van der Waals surface area contributed by atoms with Gasteiger partial charge in [-0.15, -0.1) is 0 Å². The molecule has 0 fully saturated rings. The SMILES string of the molecule is CCn1ncnc1CC(C)C. The third-order valence-electron chi connectivity index (χ3n) is 1.59. The van der Waals surface area contributed by atoms with Gasteiger partial charge in [0, 0.05) is 13.0 Å². The van der Waals surface area contributed by atoms with E-state index < -0.39 is 0 Å². The van der Waals surface area contributed by atoms with E-state index in [2.05, 4.69) is 30.9 Å². The van der Waals surface area contributed by atoms with Crippen molar-refractivity contribution in [2.75, 3.05) is 0 Å². The van der Waals surface area contributed by atoms with E-state index in [4.69, 9.17) is 0 Å². The van der Waals surface area contributed by atoms with Crippen LogP contribution in [0.4, 0.5) is 0 Å². The third kappa shape index (κ3) is 2.03. The molecule has 1 heterocycles. The van der Waals surface area contributed by atoms with Gasteiger partial charge < -0.3 is 0 Å². The van der Waals surface area contributed by atoms with Gasteiger partial charge in [0.15, 0.2) is 0 Å². The van der Waals surface area contributed by atoms with Crippen LogP contribution in [-0.2, 0) is 13.0 Å². The molecular formula is C8H15N3. The molecule has 0 saturated carbocycles. The molecule has 3 heteroatoms. The predicted octanol–water partition coefficient (Wildman–Crippen LogP) is 1.50. The van der Waals surface area contributed by atoms with Crippen LogP contribution in [-0.4, -0.2) is 14.8 Å². The first-order valence-corrected chi connectivity index (χ1v) is 4.10. The lowest BCUT2D eigenvalue weighted by Gasteiger charge is -2.04. The Labute approximate surface area is 67.4 Å². The first-order valence-electron chi connectivity index (χ1n) is 4.10. The van der Waals surface area contributed by atoms with Gasteiger partial charge >= 0.3 is 0 Å². The minimum atomic E-state index is 0.657. The molecule has 0 radical (unpaired) electrons. The molecule has 1 rings (SSSR count). The molecule has 11 heavy (non-hydrogen) atoms. The zero-order valence-corrected chi connectivity index (χ0v) is 7.41. The molecule has 0 spiro atoms. The van der Waals surface area contributed by atoms with Gasteiger partial charge in [0.1, 0.15) is 12.2 Å². The highest BCUT2D eigenvalue weighted by atomic mass is 15.3. The summed E-state index contributed by atoms with van der Waals surface area (Å²) in [4.78, 5) is 4.18. The summed E-state index contributed by atoms with van der Waals surface area (Å²) in [6.07, 6.45) is 2.65. The van der Waals surface area contributed by atoms with Crippen LogP contribution in [0.15, 0.2) is 6.33 Å². The highest BCUT2D eigenvalue weighted by Gasteiger charge is 2.03. The number of nitrogens with zero attached hydrogens (tertiary/aromatic N) is 3. The molecule has 0 unspecified atom stereocenters. The lowest BCUT2D eigenvalue weighted by atomic mass is 10.1. The predicted molar refractivity (Wildman–Crippen MR) is 44.2 cm³/mol. The van der Waals surface area contributed by atoms with Gasteiger partial charge in [-0.25, -0.2) is 4.98 Å². The van der Waals surface area contributed by atoms with Crippen molar-refractivity contribution >= 4 is 0 Å². The quantitative estimate of drug-likeness (QED) is 0.658. The normalized spacial score (nSPS) is 10.9. The minimum absolute atomic E-state index is 0.657. The Kier molecular flexibility index (Phi) is 2.63. The fourth-order valence-corrected chi connectivity index (χ4v) is 1.08. The van der Waals surface area contributed by atoms with Crippen molar-refractivity contribution in [3.05, 3.63) is 12.2 Å². The zero-order chi connectivity index (χ0) is 8.27. The van der Waals surface area contributed by atoms with Gasteiger partial charge in [-0.2, -0.15) is 5.10 Å². The monoisotopic (exact) mass is 153 g/mol. The van der Waals surface area contributed by atoms with Crippen LogP contribution in [0, 0.1) is 5.92 Å². The van der Waals surface area contributed by atoms with Crippen LogP contribution in [0.2, 0.25) is 0 Å². The molecular weight excluding hydrogens is 138 g/mol. The largest absolute Gasteiger partial charge is 0.250 e. The summed E-state index contributed by atoms with van der Waals surface area (Å²) in [5, 5.41) is 4.09. The number of hydrogen-bond acceptors (Lipinski definition) is 2. The lowest BCUT2D eigenvalue weighted by molar-refractivity contribution is 0.553. The highest BCUT2D eigenvalue weighted by molar-refractivity contribution is 4.85. The molecule has 0 saturated heterocycles. The van der Waals surface area contributed by atoms with E-state index in [1.54, 1.807) is 6.33 Å². The second kappa shape index (κ2) is 3.51. The molecule has 1 aromatic heterocycles. The molecule has 62 valence electrons. The Morgan fingerprint density at radius 1 is 1.55 bits per heavy atom. The summed E-state index contributed by atoms with van der Waals surface area (Å²) in [6.45, 7) is 7.38. The van der Waals surface area contributed by atoms with Crippen molar-refractivity contribution in [3.8, 4) is 0 Å². The smallest absolute Gasteiger partial charge is 0.138 e. The average molecular weight is 153 g/mol. The molecule has 0 bridgehead atoms. The van der Waals surface area contributed by atoms with Crippen LogP contribution in [0.25, 0.3) is 0 Å². The van der Waals surface area contributed by atoms with E-state index in [-0.39, 0.29) is 0 Å². The average Bonchev–Trinajstić information content (AvgIpc) is 2.34. The fourth-order valence-electron chi connectivity index (χ4n) is 1.08. The van der Waals surface area contributed by atoms with Crippen molar-refractivity contribution in [1.82, 2.24) is 14.8 Å². The topological polar surface area (TPSA) is 30.7 Å². The Morgan fingerprint density at radius 3 is 2.82 bits per heavy atom. The number of hydrogen-bond donors (Lipinski definition) is 0. The van der Waals surface area contributed by atoms with Crippen LogP contribution in [0.5, 0.6) is 0 Å². The molecule has 0 aliphatic rings. The maximum atomic E-state index is 4.18. The van der Waals surface area contributed by atoms with Crippen LogP contribution < -0.4 is 0 Å². The molecule has 0 aromatic carbocycles. The standard InChI is InChI=1S/C8H15N3/c1-4-11-8(5-7(2)3)9-6-10-11/h6-7H,4-5H2,1-3H3. The maximum absolute atomic E-state index is 4.18. The van der Waals surface area contributed by atoms with Gasteiger partial charge in [0.2, 0.25) is 0 Å². The second-order valence-electron chi connectivity index (χ2n) is 3.09. The van der Waals surface area contributed by atoms with Crippen LogP contribution in [0.3, 0.4) is 0 Å². The van der Waals surface area contributed by atoms with Crippen LogP contribution >= 0.6 is 0 Å². The fraction of sp³-hybridized carbons (Fsp3) is 0.750. The maximum Gasteiger partial charge on any atom is 0.138 e. The van der Waals surface area contributed by atoms with Crippen LogP contribution in [0.1, 0.15) is 26.6 Å². The van der Waals surface area contributed by atoms with Crippen molar-refractivity contribution in [1.29, 1.82) is 0 Å². The summed E-state index contributed by atoms with van der Waals surface area (Å²) in [7, 11) is 0. The number of rotatable bonds is 3. The van der Waals surface area contributed by atoms with Gasteiger partial charge in [-0.1, -0.05) is 13.8 Å². The van der Waals surface area contributed by atoms with E-state index in [0.717, 1.165) is 18.8 Å². The summed E-state index contributed by atoms with van der Waals surface area (Å²) >= 11 is 0.